The second-order valence-corrected chi connectivity index (χ2v) is 12.4. The maximum Gasteiger partial charge on any atom is 0.127 e. The lowest BCUT2D eigenvalue weighted by atomic mass is 9.91. The summed E-state index contributed by atoms with van der Waals surface area (Å²) in [6, 6.07) is 26.2. The van der Waals surface area contributed by atoms with Crippen LogP contribution in [0, 0.1) is 13.8 Å². The zero-order chi connectivity index (χ0) is 31.4. The van der Waals surface area contributed by atoms with Gasteiger partial charge in [0.2, 0.25) is 0 Å². The Morgan fingerprint density at radius 3 is 1.67 bits per heavy atom. The molecule has 45 heavy (non-hydrogen) atoms. The maximum absolute atomic E-state index is 6.54. The third-order valence-corrected chi connectivity index (χ3v) is 8.69. The van der Waals surface area contributed by atoms with Gasteiger partial charge in [0.1, 0.15) is 11.5 Å². The Kier molecular flexibility index (Phi) is 12.2. The van der Waals surface area contributed by atoms with E-state index in [4.69, 9.17) is 28.4 Å². The van der Waals surface area contributed by atoms with Gasteiger partial charge in [-0.2, -0.15) is 0 Å². The monoisotopic (exact) mass is 628 g/mol. The molecule has 0 saturated carbocycles. The largest absolute Gasteiger partial charge is 0.493 e. The van der Waals surface area contributed by atoms with E-state index in [-0.39, 0.29) is 0 Å². The van der Waals surface area contributed by atoms with Gasteiger partial charge in [0.05, 0.1) is 39.6 Å². The van der Waals surface area contributed by atoms with E-state index in [1.807, 2.05) is 11.3 Å². The van der Waals surface area contributed by atoms with Crippen LogP contribution in [0.4, 0.5) is 0 Å². The molecule has 0 aliphatic carbocycles. The SMILES string of the molecule is COCCOCCCOc1ccc2cc(C)ccc2c1-c1c(OCCCOCCOC)ccc2cc(-c3ccc(C)s3)ccc12. The Morgan fingerprint density at radius 1 is 0.533 bits per heavy atom. The Hall–Kier alpha value is -3.46. The molecular weight excluding hydrogens is 584 g/mol. The predicted molar refractivity (Wildman–Crippen MR) is 185 cm³/mol. The van der Waals surface area contributed by atoms with Crippen molar-refractivity contribution < 1.29 is 28.4 Å². The van der Waals surface area contributed by atoms with Crippen LogP contribution in [0.25, 0.3) is 43.1 Å². The first kappa shape index (κ1) is 32.9. The quantitative estimate of drug-likeness (QED) is 0.0904. The highest BCUT2D eigenvalue weighted by Crippen LogP contribution is 2.46. The number of benzene rings is 4. The summed E-state index contributed by atoms with van der Waals surface area (Å²) in [4.78, 5) is 2.57. The molecule has 0 unspecified atom stereocenters. The molecule has 0 fully saturated rings. The molecule has 7 heteroatoms. The third kappa shape index (κ3) is 8.63. The van der Waals surface area contributed by atoms with Gasteiger partial charge in [-0.15, -0.1) is 11.3 Å². The van der Waals surface area contributed by atoms with Crippen molar-refractivity contribution in [3.05, 3.63) is 83.2 Å². The first-order valence-electron chi connectivity index (χ1n) is 15.7. The molecule has 5 rings (SSSR count). The molecule has 0 radical (unpaired) electrons. The second kappa shape index (κ2) is 16.7. The van der Waals surface area contributed by atoms with Crippen LogP contribution in [0.5, 0.6) is 11.5 Å². The maximum atomic E-state index is 6.54. The lowest BCUT2D eigenvalue weighted by Crippen LogP contribution is -2.08. The van der Waals surface area contributed by atoms with E-state index >= 15 is 0 Å². The van der Waals surface area contributed by atoms with Crippen LogP contribution < -0.4 is 9.47 Å². The lowest BCUT2D eigenvalue weighted by Gasteiger charge is -2.20. The summed E-state index contributed by atoms with van der Waals surface area (Å²) in [6.45, 7) is 8.93. The number of fused-ring (bicyclic) bond motifs is 2. The van der Waals surface area contributed by atoms with E-state index in [2.05, 4.69) is 86.6 Å². The Bertz CT molecular complexity index is 1680. The Labute approximate surface area is 270 Å². The standard InChI is InChI=1S/C38H44O6S/c1-27-7-12-32-29(25-27)10-14-34(43-19-5-17-41-23-21-39-3)37(32)38-33-13-9-31(36-16-8-28(2)45-36)26-30(33)11-15-35(38)44-20-6-18-42-24-22-40-4/h7-16,25-26H,5-6,17-24H2,1-4H3. The highest BCUT2D eigenvalue weighted by molar-refractivity contribution is 7.15. The molecule has 5 aromatic rings. The molecule has 0 aliphatic heterocycles. The van der Waals surface area contributed by atoms with E-state index in [1.54, 1.807) is 14.2 Å². The van der Waals surface area contributed by atoms with Crippen molar-refractivity contribution in [1.82, 2.24) is 0 Å². The highest BCUT2D eigenvalue weighted by atomic mass is 32.1. The van der Waals surface area contributed by atoms with E-state index in [0.29, 0.717) is 52.9 Å². The molecule has 0 atom stereocenters. The third-order valence-electron chi connectivity index (χ3n) is 7.64. The molecule has 4 aromatic carbocycles. The molecular formula is C38H44O6S. The van der Waals surface area contributed by atoms with Crippen LogP contribution in [-0.2, 0) is 18.9 Å². The van der Waals surface area contributed by atoms with Crippen molar-refractivity contribution in [3.63, 3.8) is 0 Å². The molecule has 0 saturated heterocycles. The molecule has 0 amide bonds. The topological polar surface area (TPSA) is 55.4 Å². The van der Waals surface area contributed by atoms with Crippen LogP contribution in [0.15, 0.2) is 72.8 Å². The molecule has 0 aliphatic rings. The average Bonchev–Trinajstić information content (AvgIpc) is 3.49. The summed E-state index contributed by atoms with van der Waals surface area (Å²) >= 11 is 1.81. The number of hydrogen-bond donors (Lipinski definition) is 0. The number of methoxy groups -OCH3 is 2. The van der Waals surface area contributed by atoms with Crippen LogP contribution in [0.3, 0.4) is 0 Å². The zero-order valence-corrected chi connectivity index (χ0v) is 27.7. The van der Waals surface area contributed by atoms with Crippen LogP contribution in [0.2, 0.25) is 0 Å². The summed E-state index contributed by atoms with van der Waals surface area (Å²) < 4.78 is 34.6. The molecule has 1 aromatic heterocycles. The summed E-state index contributed by atoms with van der Waals surface area (Å²) in [5.74, 6) is 1.67. The smallest absolute Gasteiger partial charge is 0.127 e. The van der Waals surface area contributed by atoms with Gasteiger partial charge < -0.3 is 28.4 Å². The van der Waals surface area contributed by atoms with Gasteiger partial charge in [-0.05, 0) is 71.3 Å². The van der Waals surface area contributed by atoms with E-state index in [0.717, 1.165) is 51.6 Å². The van der Waals surface area contributed by atoms with Crippen molar-refractivity contribution in [2.45, 2.75) is 26.7 Å². The van der Waals surface area contributed by atoms with E-state index in [1.165, 1.54) is 26.3 Å². The minimum absolute atomic E-state index is 0.539. The fraction of sp³-hybridized carbons (Fsp3) is 0.368. The normalized spacial score (nSPS) is 11.5. The number of aryl methyl sites for hydroxylation is 2. The summed E-state index contributed by atoms with van der Waals surface area (Å²) in [7, 11) is 3.36. The summed E-state index contributed by atoms with van der Waals surface area (Å²) in [5, 5.41) is 4.58. The van der Waals surface area contributed by atoms with E-state index < -0.39 is 0 Å². The molecule has 238 valence electrons. The molecule has 0 bridgehead atoms. The van der Waals surface area contributed by atoms with Crippen molar-refractivity contribution in [2.24, 2.45) is 0 Å². The number of hydrogen-bond acceptors (Lipinski definition) is 7. The van der Waals surface area contributed by atoms with Crippen molar-refractivity contribution >= 4 is 32.9 Å². The summed E-state index contributed by atoms with van der Waals surface area (Å²) in [6.07, 6.45) is 1.56. The van der Waals surface area contributed by atoms with E-state index in [9.17, 15) is 0 Å². The fourth-order valence-corrected chi connectivity index (χ4v) is 6.28. The zero-order valence-electron chi connectivity index (χ0n) is 26.9. The van der Waals surface area contributed by atoms with Gasteiger partial charge in [0.25, 0.3) is 0 Å². The second-order valence-electron chi connectivity index (χ2n) is 11.1. The minimum atomic E-state index is 0.539. The average molecular weight is 629 g/mol. The van der Waals surface area contributed by atoms with Gasteiger partial charge in [-0.1, -0.05) is 48.0 Å². The first-order chi connectivity index (χ1) is 22.1. The number of rotatable bonds is 18. The Morgan fingerprint density at radius 2 is 1.11 bits per heavy atom. The molecule has 0 spiro atoms. The van der Waals surface area contributed by atoms with Gasteiger partial charge in [0, 0.05) is 61.2 Å². The van der Waals surface area contributed by atoms with Gasteiger partial charge in [-0.25, -0.2) is 0 Å². The van der Waals surface area contributed by atoms with Gasteiger partial charge in [0.15, 0.2) is 0 Å². The minimum Gasteiger partial charge on any atom is -0.493 e. The van der Waals surface area contributed by atoms with Crippen LogP contribution in [0.1, 0.15) is 23.3 Å². The van der Waals surface area contributed by atoms with Gasteiger partial charge >= 0.3 is 0 Å². The van der Waals surface area contributed by atoms with Crippen LogP contribution >= 0.6 is 11.3 Å². The molecule has 1 heterocycles. The highest BCUT2D eigenvalue weighted by Gasteiger charge is 2.20. The summed E-state index contributed by atoms with van der Waals surface area (Å²) in [5.41, 5.74) is 4.52. The lowest BCUT2D eigenvalue weighted by molar-refractivity contribution is 0.0643. The molecule has 6 nitrogen and oxygen atoms in total. The molecule has 0 N–H and O–H groups in total. The van der Waals surface area contributed by atoms with Crippen molar-refractivity contribution in [2.75, 3.05) is 67.1 Å². The van der Waals surface area contributed by atoms with Crippen molar-refractivity contribution in [1.29, 1.82) is 0 Å². The van der Waals surface area contributed by atoms with Crippen LogP contribution in [-0.4, -0.2) is 67.1 Å². The number of ether oxygens (including phenoxy) is 6. The number of thiophene rings is 1. The van der Waals surface area contributed by atoms with Gasteiger partial charge in [-0.3, -0.25) is 0 Å². The Balaban J connectivity index is 1.54. The fourth-order valence-electron chi connectivity index (χ4n) is 5.41. The first-order valence-corrected chi connectivity index (χ1v) is 16.5. The predicted octanol–water partition coefficient (Wildman–Crippen LogP) is 8.87. The van der Waals surface area contributed by atoms with Crippen molar-refractivity contribution in [3.8, 4) is 33.1 Å².